The third-order valence-electron chi connectivity index (χ3n) is 4.03. The smallest absolute Gasteiger partial charge is 0.252 e. The molecule has 0 aliphatic rings. The molecule has 0 atom stereocenters. The Labute approximate surface area is 147 Å². The number of benzene rings is 3. The van der Waals surface area contributed by atoms with Crippen LogP contribution in [-0.4, -0.2) is 11.7 Å². The minimum absolute atomic E-state index is 0.151. The molecule has 0 saturated heterocycles. The summed E-state index contributed by atoms with van der Waals surface area (Å²) < 4.78 is 0. The van der Waals surface area contributed by atoms with E-state index in [0.29, 0.717) is 23.2 Å². The summed E-state index contributed by atoms with van der Waals surface area (Å²) in [5.74, 6) is -0.401. The third kappa shape index (κ3) is 4.01. The summed E-state index contributed by atoms with van der Waals surface area (Å²) in [4.78, 5) is 25.3. The maximum Gasteiger partial charge on any atom is 0.252 e. The number of carbonyl (C=O) groups is 2. The predicted octanol–water partition coefficient (Wildman–Crippen LogP) is 4.16. The van der Waals surface area contributed by atoms with Gasteiger partial charge in [-0.15, -0.1) is 0 Å². The van der Waals surface area contributed by atoms with E-state index in [2.05, 4.69) is 5.32 Å². The fourth-order valence-corrected chi connectivity index (χ4v) is 2.61. The van der Waals surface area contributed by atoms with Gasteiger partial charge in [0.15, 0.2) is 5.78 Å². The van der Waals surface area contributed by atoms with Gasteiger partial charge in [-0.05, 0) is 18.6 Å². The van der Waals surface area contributed by atoms with E-state index in [9.17, 15) is 9.59 Å². The van der Waals surface area contributed by atoms with Gasteiger partial charge in [0.05, 0.1) is 5.56 Å². The maximum atomic E-state index is 12.7. The first kappa shape index (κ1) is 16.7. The number of amides is 1. The summed E-state index contributed by atoms with van der Waals surface area (Å²) in [6.45, 7) is 2.45. The molecule has 0 fully saturated rings. The predicted molar refractivity (Wildman–Crippen MR) is 98.7 cm³/mol. The van der Waals surface area contributed by atoms with Crippen molar-refractivity contribution >= 4 is 11.7 Å². The number of hydrogen-bond donors (Lipinski definition) is 1. The highest BCUT2D eigenvalue weighted by Gasteiger charge is 2.17. The van der Waals surface area contributed by atoms with Crippen molar-refractivity contribution in [2.24, 2.45) is 0 Å². The van der Waals surface area contributed by atoms with Crippen molar-refractivity contribution in [3.05, 3.63) is 107 Å². The zero-order valence-electron chi connectivity index (χ0n) is 14.0. The second-order valence-corrected chi connectivity index (χ2v) is 5.91. The summed E-state index contributed by atoms with van der Waals surface area (Å²) in [6.07, 6.45) is 0. The molecule has 3 nitrogen and oxygen atoms in total. The van der Waals surface area contributed by atoms with E-state index in [0.717, 1.165) is 5.56 Å². The lowest BCUT2D eigenvalue weighted by Gasteiger charge is -2.10. The maximum absolute atomic E-state index is 12.7. The molecule has 0 aliphatic heterocycles. The lowest BCUT2D eigenvalue weighted by atomic mass is 9.98. The lowest BCUT2D eigenvalue weighted by molar-refractivity contribution is 0.0939. The average molecular weight is 329 g/mol. The van der Waals surface area contributed by atoms with Crippen molar-refractivity contribution in [1.29, 1.82) is 0 Å². The Morgan fingerprint density at radius 2 is 1.36 bits per heavy atom. The Kier molecular flexibility index (Phi) is 5.05. The van der Waals surface area contributed by atoms with E-state index in [1.165, 1.54) is 5.56 Å². The average Bonchev–Trinajstić information content (AvgIpc) is 2.67. The van der Waals surface area contributed by atoms with Gasteiger partial charge < -0.3 is 5.32 Å². The van der Waals surface area contributed by atoms with Gasteiger partial charge >= 0.3 is 0 Å². The van der Waals surface area contributed by atoms with Crippen LogP contribution in [0.15, 0.2) is 78.9 Å². The molecule has 0 aliphatic carbocycles. The molecule has 0 unspecified atom stereocenters. The lowest BCUT2D eigenvalue weighted by Crippen LogP contribution is -2.25. The van der Waals surface area contributed by atoms with E-state index < -0.39 is 0 Å². The van der Waals surface area contributed by atoms with Crippen LogP contribution in [0.2, 0.25) is 0 Å². The topological polar surface area (TPSA) is 46.2 Å². The van der Waals surface area contributed by atoms with Crippen LogP contribution in [0.3, 0.4) is 0 Å². The van der Waals surface area contributed by atoms with E-state index in [4.69, 9.17) is 0 Å². The molecule has 3 rings (SSSR count). The van der Waals surface area contributed by atoms with Gasteiger partial charge in [-0.3, -0.25) is 9.59 Å². The SMILES string of the molecule is Cc1ccc(CNC(=O)c2ccccc2C(=O)c2ccccc2)cc1. The van der Waals surface area contributed by atoms with Gasteiger partial charge in [-0.25, -0.2) is 0 Å². The van der Waals surface area contributed by atoms with Gasteiger partial charge in [-0.1, -0.05) is 78.4 Å². The minimum Gasteiger partial charge on any atom is -0.348 e. The van der Waals surface area contributed by atoms with Gasteiger partial charge in [0.1, 0.15) is 0 Å². The highest BCUT2D eigenvalue weighted by atomic mass is 16.2. The molecular weight excluding hydrogens is 310 g/mol. The minimum atomic E-state index is -0.250. The Morgan fingerprint density at radius 1 is 0.760 bits per heavy atom. The Hall–Kier alpha value is -3.20. The quantitative estimate of drug-likeness (QED) is 0.715. The second kappa shape index (κ2) is 7.58. The highest BCUT2D eigenvalue weighted by Crippen LogP contribution is 2.15. The zero-order chi connectivity index (χ0) is 17.6. The molecule has 1 N–H and O–H groups in total. The summed E-state index contributed by atoms with van der Waals surface area (Å²) >= 11 is 0. The normalized spacial score (nSPS) is 10.3. The second-order valence-electron chi connectivity index (χ2n) is 5.91. The van der Waals surface area contributed by atoms with Crippen LogP contribution in [0.1, 0.15) is 37.4 Å². The highest BCUT2D eigenvalue weighted by molar-refractivity contribution is 6.15. The van der Waals surface area contributed by atoms with Crippen LogP contribution < -0.4 is 5.32 Å². The Bertz CT molecular complexity index is 883. The van der Waals surface area contributed by atoms with Crippen molar-refractivity contribution in [2.75, 3.05) is 0 Å². The molecule has 0 saturated carbocycles. The molecular formula is C22H19NO2. The first-order chi connectivity index (χ1) is 12.1. The third-order valence-corrected chi connectivity index (χ3v) is 4.03. The zero-order valence-corrected chi connectivity index (χ0v) is 14.0. The van der Waals surface area contributed by atoms with Crippen molar-refractivity contribution in [3.8, 4) is 0 Å². The summed E-state index contributed by atoms with van der Waals surface area (Å²) in [7, 11) is 0. The van der Waals surface area contributed by atoms with E-state index >= 15 is 0 Å². The van der Waals surface area contributed by atoms with E-state index in [1.54, 1.807) is 36.4 Å². The molecule has 3 heteroatoms. The van der Waals surface area contributed by atoms with Gasteiger partial charge in [0, 0.05) is 17.7 Å². The Balaban J connectivity index is 1.79. The molecule has 25 heavy (non-hydrogen) atoms. The van der Waals surface area contributed by atoms with Crippen LogP contribution in [0.25, 0.3) is 0 Å². The van der Waals surface area contributed by atoms with Crippen LogP contribution in [0.4, 0.5) is 0 Å². The van der Waals surface area contributed by atoms with Crippen molar-refractivity contribution in [2.45, 2.75) is 13.5 Å². The van der Waals surface area contributed by atoms with Crippen molar-refractivity contribution in [1.82, 2.24) is 5.32 Å². The number of carbonyl (C=O) groups excluding carboxylic acids is 2. The van der Waals surface area contributed by atoms with E-state index in [-0.39, 0.29) is 11.7 Å². The van der Waals surface area contributed by atoms with Crippen molar-refractivity contribution < 1.29 is 9.59 Å². The molecule has 1 amide bonds. The standard InChI is InChI=1S/C22H19NO2/c1-16-11-13-17(14-12-16)15-23-22(25)20-10-6-5-9-19(20)21(24)18-7-3-2-4-8-18/h2-14H,15H2,1H3,(H,23,25). The molecule has 0 bridgehead atoms. The molecule has 0 heterocycles. The van der Waals surface area contributed by atoms with Gasteiger partial charge in [-0.2, -0.15) is 0 Å². The first-order valence-corrected chi connectivity index (χ1v) is 8.17. The Morgan fingerprint density at radius 3 is 2.04 bits per heavy atom. The number of hydrogen-bond acceptors (Lipinski definition) is 2. The molecule has 0 radical (unpaired) electrons. The summed E-state index contributed by atoms with van der Waals surface area (Å²) in [5, 5.41) is 2.89. The number of rotatable bonds is 5. The van der Waals surface area contributed by atoms with Crippen LogP contribution in [-0.2, 0) is 6.54 Å². The molecule has 124 valence electrons. The number of ketones is 1. The molecule has 3 aromatic carbocycles. The molecule has 0 aromatic heterocycles. The molecule has 3 aromatic rings. The fourth-order valence-electron chi connectivity index (χ4n) is 2.61. The summed E-state index contributed by atoms with van der Waals surface area (Å²) in [5.41, 5.74) is 3.57. The number of nitrogens with one attached hydrogen (secondary N) is 1. The first-order valence-electron chi connectivity index (χ1n) is 8.17. The number of aryl methyl sites for hydroxylation is 1. The van der Waals surface area contributed by atoms with Crippen LogP contribution in [0.5, 0.6) is 0 Å². The molecule has 0 spiro atoms. The largest absolute Gasteiger partial charge is 0.348 e. The van der Waals surface area contributed by atoms with Crippen LogP contribution in [0, 0.1) is 6.92 Å². The monoisotopic (exact) mass is 329 g/mol. The van der Waals surface area contributed by atoms with Gasteiger partial charge in [0.25, 0.3) is 5.91 Å². The van der Waals surface area contributed by atoms with Crippen LogP contribution >= 0.6 is 0 Å². The fraction of sp³-hybridized carbons (Fsp3) is 0.0909. The van der Waals surface area contributed by atoms with Gasteiger partial charge in [0.2, 0.25) is 0 Å². The summed E-state index contributed by atoms with van der Waals surface area (Å²) in [6, 6.07) is 23.9. The van der Waals surface area contributed by atoms with E-state index in [1.807, 2.05) is 49.4 Å². The van der Waals surface area contributed by atoms with Crippen molar-refractivity contribution in [3.63, 3.8) is 0 Å².